The Labute approximate surface area is 113 Å². The van der Waals surface area contributed by atoms with Crippen LogP contribution in [-0.2, 0) is 20.6 Å². The van der Waals surface area contributed by atoms with Crippen molar-refractivity contribution in [2.45, 2.75) is 44.4 Å². The maximum absolute atomic E-state index is 12.2. The Hall–Kier alpha value is 0.0600. The molecule has 4 unspecified atom stereocenters. The predicted octanol–water partition coefficient (Wildman–Crippen LogP) is 0.932. The smallest absolute Gasteiger partial charge is 0.148 e. The minimum absolute atomic E-state index is 0.00479. The van der Waals surface area contributed by atoms with Gasteiger partial charge >= 0.3 is 0 Å². The summed E-state index contributed by atoms with van der Waals surface area (Å²) in [6.45, 7) is 4.36. The van der Waals surface area contributed by atoms with E-state index in [2.05, 4.69) is 13.8 Å². The van der Waals surface area contributed by atoms with Crippen molar-refractivity contribution in [3.63, 3.8) is 0 Å². The molecule has 108 valence electrons. The highest BCUT2D eigenvalue weighted by atomic mass is 32.2. The van der Waals surface area contributed by atoms with Gasteiger partial charge in [-0.25, -0.2) is 8.42 Å². The molecule has 0 bridgehead atoms. The van der Waals surface area contributed by atoms with Gasteiger partial charge in [-0.1, -0.05) is 13.8 Å². The van der Waals surface area contributed by atoms with Crippen molar-refractivity contribution in [3.05, 3.63) is 0 Å². The lowest BCUT2D eigenvalue weighted by Gasteiger charge is -2.35. The number of nitrogens with two attached hydrogens (primary N) is 1. The van der Waals surface area contributed by atoms with E-state index in [1.54, 1.807) is 0 Å². The van der Waals surface area contributed by atoms with Crippen molar-refractivity contribution in [1.29, 1.82) is 0 Å². The molecular formula is C12H25NO3S2. The van der Waals surface area contributed by atoms with Crippen LogP contribution in [0.4, 0.5) is 0 Å². The highest BCUT2D eigenvalue weighted by molar-refractivity contribution is 7.92. The van der Waals surface area contributed by atoms with Crippen LogP contribution in [0.3, 0.4) is 0 Å². The molecule has 1 rings (SSSR count). The minimum atomic E-state index is -3.04. The van der Waals surface area contributed by atoms with Gasteiger partial charge in [-0.15, -0.1) is 0 Å². The van der Waals surface area contributed by atoms with Gasteiger partial charge in [0.1, 0.15) is 9.84 Å². The zero-order valence-corrected chi connectivity index (χ0v) is 13.1. The van der Waals surface area contributed by atoms with Crippen molar-refractivity contribution in [2.75, 3.05) is 17.8 Å². The van der Waals surface area contributed by atoms with Crippen LogP contribution < -0.4 is 5.73 Å². The summed E-state index contributed by atoms with van der Waals surface area (Å²) in [6, 6.07) is -0.0413. The highest BCUT2D eigenvalue weighted by Crippen LogP contribution is 2.32. The summed E-state index contributed by atoms with van der Waals surface area (Å²) in [4.78, 5) is 0. The fourth-order valence-electron chi connectivity index (χ4n) is 2.48. The van der Waals surface area contributed by atoms with Crippen LogP contribution >= 0.6 is 0 Å². The van der Waals surface area contributed by atoms with E-state index in [-0.39, 0.29) is 22.8 Å². The lowest BCUT2D eigenvalue weighted by Crippen LogP contribution is -2.45. The third-order valence-corrected chi connectivity index (χ3v) is 6.85. The first-order chi connectivity index (χ1) is 8.20. The van der Waals surface area contributed by atoms with Crippen LogP contribution in [0.25, 0.3) is 0 Å². The molecule has 4 nitrogen and oxygen atoms in total. The van der Waals surface area contributed by atoms with E-state index in [0.717, 1.165) is 19.3 Å². The number of hydrogen-bond acceptors (Lipinski definition) is 4. The Morgan fingerprint density at radius 2 is 1.94 bits per heavy atom. The highest BCUT2D eigenvalue weighted by Gasteiger charge is 2.33. The number of rotatable bonds is 5. The Kier molecular flexibility index (Phi) is 5.80. The molecule has 0 aromatic rings. The third-order valence-electron chi connectivity index (χ3n) is 3.82. The Morgan fingerprint density at radius 1 is 1.33 bits per heavy atom. The standard InChI is InChI=1S/C12H25NO3S2/c1-9(2)10-4-5-11(13)12(8-10)17(14)6-7-18(3,15)16/h9-12H,4-8,13H2,1-3H3. The number of hydrogen-bond donors (Lipinski definition) is 1. The van der Waals surface area contributed by atoms with Crippen molar-refractivity contribution in [3.8, 4) is 0 Å². The predicted molar refractivity (Wildman–Crippen MR) is 76.7 cm³/mol. The molecule has 1 aliphatic rings. The molecule has 1 saturated carbocycles. The summed E-state index contributed by atoms with van der Waals surface area (Å²) in [5.74, 6) is 1.36. The molecule has 18 heavy (non-hydrogen) atoms. The normalized spacial score (nSPS) is 31.5. The van der Waals surface area contributed by atoms with Crippen LogP contribution in [0.15, 0.2) is 0 Å². The van der Waals surface area contributed by atoms with Crippen molar-refractivity contribution in [2.24, 2.45) is 17.6 Å². The molecule has 1 fully saturated rings. The third kappa shape index (κ3) is 4.97. The average molecular weight is 295 g/mol. The monoisotopic (exact) mass is 295 g/mol. The van der Waals surface area contributed by atoms with Gasteiger partial charge in [0, 0.05) is 28.9 Å². The molecule has 0 aromatic heterocycles. The molecular weight excluding hydrogens is 270 g/mol. The molecule has 0 amide bonds. The van der Waals surface area contributed by atoms with Gasteiger partial charge in [-0.2, -0.15) is 0 Å². The van der Waals surface area contributed by atoms with Crippen LogP contribution in [0.2, 0.25) is 0 Å². The summed E-state index contributed by atoms with van der Waals surface area (Å²) in [5, 5.41) is -0.0344. The Balaban J connectivity index is 2.59. The fourth-order valence-corrected chi connectivity index (χ4v) is 5.63. The molecule has 1 aliphatic carbocycles. The summed E-state index contributed by atoms with van der Waals surface area (Å²) in [5.41, 5.74) is 6.04. The van der Waals surface area contributed by atoms with Gasteiger partial charge in [0.25, 0.3) is 0 Å². The lowest BCUT2D eigenvalue weighted by atomic mass is 9.79. The maximum Gasteiger partial charge on any atom is 0.148 e. The molecule has 6 heteroatoms. The Bertz CT molecular complexity index is 392. The molecule has 0 heterocycles. The van der Waals surface area contributed by atoms with E-state index in [1.807, 2.05) is 0 Å². The van der Waals surface area contributed by atoms with E-state index in [4.69, 9.17) is 5.73 Å². The first-order valence-corrected chi connectivity index (χ1v) is 9.95. The molecule has 4 atom stereocenters. The largest absolute Gasteiger partial charge is 0.327 e. The van der Waals surface area contributed by atoms with Gasteiger partial charge in [-0.05, 0) is 31.1 Å². The first kappa shape index (κ1) is 16.1. The topological polar surface area (TPSA) is 77.2 Å². The quantitative estimate of drug-likeness (QED) is 0.818. The van der Waals surface area contributed by atoms with Crippen LogP contribution in [-0.4, -0.2) is 41.7 Å². The van der Waals surface area contributed by atoms with Gasteiger partial charge in [0.15, 0.2) is 0 Å². The molecule has 0 radical (unpaired) electrons. The summed E-state index contributed by atoms with van der Waals surface area (Å²) in [6.07, 6.45) is 4.05. The zero-order chi connectivity index (χ0) is 13.9. The van der Waals surface area contributed by atoms with Gasteiger partial charge in [-0.3, -0.25) is 4.21 Å². The summed E-state index contributed by atoms with van der Waals surface area (Å²) >= 11 is 0. The second-order valence-corrected chi connectivity index (χ2v) is 9.77. The second-order valence-electron chi connectivity index (χ2n) is 5.73. The maximum atomic E-state index is 12.2. The van der Waals surface area contributed by atoms with E-state index >= 15 is 0 Å². The summed E-state index contributed by atoms with van der Waals surface area (Å²) < 4.78 is 34.4. The van der Waals surface area contributed by atoms with Gasteiger partial charge < -0.3 is 5.73 Å². The van der Waals surface area contributed by atoms with E-state index in [0.29, 0.717) is 11.8 Å². The Morgan fingerprint density at radius 3 is 2.44 bits per heavy atom. The average Bonchev–Trinajstić information content (AvgIpc) is 2.25. The van der Waals surface area contributed by atoms with Crippen LogP contribution in [0.5, 0.6) is 0 Å². The van der Waals surface area contributed by atoms with Gasteiger partial charge in [0.2, 0.25) is 0 Å². The first-order valence-electron chi connectivity index (χ1n) is 6.51. The number of sulfone groups is 1. The lowest BCUT2D eigenvalue weighted by molar-refractivity contribution is 0.264. The molecule has 0 saturated heterocycles. The molecule has 0 aromatic carbocycles. The zero-order valence-electron chi connectivity index (χ0n) is 11.5. The second kappa shape index (κ2) is 6.48. The van der Waals surface area contributed by atoms with Crippen molar-refractivity contribution < 1.29 is 12.6 Å². The SMILES string of the molecule is CC(C)C1CCC(N)C(S(=O)CCS(C)(=O)=O)C1. The van der Waals surface area contributed by atoms with Crippen molar-refractivity contribution >= 4 is 20.6 Å². The van der Waals surface area contributed by atoms with Crippen LogP contribution in [0, 0.1) is 11.8 Å². The fraction of sp³-hybridized carbons (Fsp3) is 1.00. The van der Waals surface area contributed by atoms with E-state index in [1.165, 1.54) is 6.26 Å². The van der Waals surface area contributed by atoms with Crippen LogP contribution in [0.1, 0.15) is 33.1 Å². The summed E-state index contributed by atoms with van der Waals surface area (Å²) in [7, 11) is -4.16. The van der Waals surface area contributed by atoms with E-state index < -0.39 is 20.6 Å². The molecule has 0 spiro atoms. The minimum Gasteiger partial charge on any atom is -0.327 e. The van der Waals surface area contributed by atoms with Gasteiger partial charge in [0.05, 0.1) is 11.0 Å². The molecule has 0 aliphatic heterocycles. The van der Waals surface area contributed by atoms with Crippen molar-refractivity contribution in [1.82, 2.24) is 0 Å². The van der Waals surface area contributed by atoms with E-state index in [9.17, 15) is 12.6 Å². The molecule has 2 N–H and O–H groups in total.